The molecule has 1 aromatic heterocycles. The van der Waals surface area contributed by atoms with E-state index in [1.807, 2.05) is 24.3 Å². The quantitative estimate of drug-likeness (QED) is 0.609. The molecule has 2 heterocycles. The van der Waals surface area contributed by atoms with Crippen LogP contribution in [-0.4, -0.2) is 6.61 Å². The van der Waals surface area contributed by atoms with Gasteiger partial charge in [-0.1, -0.05) is 6.08 Å². The van der Waals surface area contributed by atoms with E-state index in [1.165, 1.54) is 0 Å². The van der Waals surface area contributed by atoms with Crippen LogP contribution in [0.2, 0.25) is 0 Å². The molecule has 1 aromatic carbocycles. The summed E-state index contributed by atoms with van der Waals surface area (Å²) in [4.78, 5) is 0. The summed E-state index contributed by atoms with van der Waals surface area (Å²) in [6.45, 7) is 0.650. The summed E-state index contributed by atoms with van der Waals surface area (Å²) >= 11 is 0. The van der Waals surface area contributed by atoms with Gasteiger partial charge in [-0.15, -0.1) is 0 Å². The molecule has 0 amide bonds. The summed E-state index contributed by atoms with van der Waals surface area (Å²) in [5, 5.41) is 1.06. The molecule has 0 saturated carbocycles. The van der Waals surface area contributed by atoms with Crippen molar-refractivity contribution in [2.45, 2.75) is 0 Å². The van der Waals surface area contributed by atoms with Gasteiger partial charge >= 0.3 is 0 Å². The fraction of sp³-hybridized carbons (Fsp3) is 0.0909. The van der Waals surface area contributed by atoms with Crippen molar-refractivity contribution >= 4 is 17.0 Å². The normalized spacial score (nSPS) is 14.2. The summed E-state index contributed by atoms with van der Waals surface area (Å²) in [5.41, 5.74) is 2.01. The van der Waals surface area contributed by atoms with Crippen LogP contribution < -0.4 is 4.74 Å². The zero-order valence-electron chi connectivity index (χ0n) is 6.99. The van der Waals surface area contributed by atoms with E-state index in [0.717, 1.165) is 22.3 Å². The van der Waals surface area contributed by atoms with E-state index in [1.54, 1.807) is 6.26 Å². The minimum absolute atomic E-state index is 0.650. The van der Waals surface area contributed by atoms with Crippen LogP contribution in [0.3, 0.4) is 0 Å². The van der Waals surface area contributed by atoms with Gasteiger partial charge in [0.1, 0.15) is 17.9 Å². The number of furan rings is 1. The van der Waals surface area contributed by atoms with Crippen molar-refractivity contribution in [3.05, 3.63) is 36.1 Å². The van der Waals surface area contributed by atoms with Crippen LogP contribution in [-0.2, 0) is 0 Å². The maximum atomic E-state index is 5.55. The third-order valence-electron chi connectivity index (χ3n) is 2.24. The SMILES string of the molecule is C1=Cc2ccc3occc3c2OC1. The first kappa shape index (κ1) is 6.78. The molecule has 0 aliphatic carbocycles. The van der Waals surface area contributed by atoms with Gasteiger partial charge in [0.2, 0.25) is 0 Å². The van der Waals surface area contributed by atoms with Crippen LogP contribution in [0.1, 0.15) is 5.56 Å². The van der Waals surface area contributed by atoms with Crippen molar-refractivity contribution in [1.82, 2.24) is 0 Å². The minimum Gasteiger partial charge on any atom is -0.488 e. The maximum Gasteiger partial charge on any atom is 0.138 e. The Hall–Kier alpha value is -1.70. The molecule has 13 heavy (non-hydrogen) atoms. The average molecular weight is 172 g/mol. The Bertz CT molecular complexity index is 480. The Morgan fingerprint density at radius 2 is 2.15 bits per heavy atom. The molecule has 1 aliphatic rings. The number of benzene rings is 1. The number of rotatable bonds is 0. The zero-order valence-corrected chi connectivity index (χ0v) is 6.99. The minimum atomic E-state index is 0.650. The molecule has 0 fully saturated rings. The molecule has 0 unspecified atom stereocenters. The molecule has 0 N–H and O–H groups in total. The summed E-state index contributed by atoms with van der Waals surface area (Å²) in [6, 6.07) is 5.91. The first-order chi connectivity index (χ1) is 6.45. The van der Waals surface area contributed by atoms with Crippen LogP contribution in [0.25, 0.3) is 17.0 Å². The Labute approximate surface area is 75.4 Å². The van der Waals surface area contributed by atoms with E-state index in [-0.39, 0.29) is 0 Å². The van der Waals surface area contributed by atoms with Gasteiger partial charge < -0.3 is 9.15 Å². The smallest absolute Gasteiger partial charge is 0.138 e. The molecule has 0 bridgehead atoms. The highest BCUT2D eigenvalue weighted by atomic mass is 16.5. The highest BCUT2D eigenvalue weighted by Gasteiger charge is 2.10. The Morgan fingerprint density at radius 1 is 1.15 bits per heavy atom. The Morgan fingerprint density at radius 3 is 3.15 bits per heavy atom. The lowest BCUT2D eigenvalue weighted by Crippen LogP contribution is -1.99. The highest BCUT2D eigenvalue weighted by molar-refractivity contribution is 5.88. The first-order valence-electron chi connectivity index (χ1n) is 4.25. The predicted molar refractivity (Wildman–Crippen MR) is 50.7 cm³/mol. The second-order valence-electron chi connectivity index (χ2n) is 3.03. The second kappa shape index (κ2) is 2.39. The van der Waals surface area contributed by atoms with Crippen LogP contribution in [0.15, 0.2) is 35.0 Å². The molecule has 0 radical (unpaired) electrons. The molecule has 0 saturated heterocycles. The molecule has 64 valence electrons. The van der Waals surface area contributed by atoms with Gasteiger partial charge in [-0.05, 0) is 24.3 Å². The van der Waals surface area contributed by atoms with Gasteiger partial charge in [-0.3, -0.25) is 0 Å². The predicted octanol–water partition coefficient (Wildman–Crippen LogP) is 2.84. The fourth-order valence-electron chi connectivity index (χ4n) is 1.63. The van der Waals surface area contributed by atoms with E-state index in [2.05, 4.69) is 6.08 Å². The fourth-order valence-corrected chi connectivity index (χ4v) is 1.63. The Balaban J connectivity index is 2.42. The van der Waals surface area contributed by atoms with Gasteiger partial charge in [0.05, 0.1) is 11.6 Å². The number of fused-ring (bicyclic) bond motifs is 3. The molecule has 2 aromatic rings. The first-order valence-corrected chi connectivity index (χ1v) is 4.25. The summed E-state index contributed by atoms with van der Waals surface area (Å²) in [5.74, 6) is 0.939. The molecular weight excluding hydrogens is 164 g/mol. The topological polar surface area (TPSA) is 22.4 Å². The third kappa shape index (κ3) is 0.886. The highest BCUT2D eigenvalue weighted by Crippen LogP contribution is 2.33. The van der Waals surface area contributed by atoms with Crippen LogP contribution in [0.5, 0.6) is 5.75 Å². The number of hydrogen-bond acceptors (Lipinski definition) is 2. The lowest BCUT2D eigenvalue weighted by atomic mass is 10.1. The molecule has 2 nitrogen and oxygen atoms in total. The van der Waals surface area contributed by atoms with Crippen molar-refractivity contribution in [2.24, 2.45) is 0 Å². The lowest BCUT2D eigenvalue weighted by molar-refractivity contribution is 0.363. The summed E-state index contributed by atoms with van der Waals surface area (Å²) in [6.07, 6.45) is 5.77. The largest absolute Gasteiger partial charge is 0.488 e. The second-order valence-corrected chi connectivity index (χ2v) is 3.03. The zero-order chi connectivity index (χ0) is 8.67. The number of hydrogen-bond donors (Lipinski definition) is 0. The average Bonchev–Trinajstić information content (AvgIpc) is 2.65. The van der Waals surface area contributed by atoms with Crippen molar-refractivity contribution < 1.29 is 9.15 Å². The Kier molecular flexibility index (Phi) is 1.25. The molecule has 2 heteroatoms. The van der Waals surface area contributed by atoms with Gasteiger partial charge in [0, 0.05) is 5.56 Å². The standard InChI is InChI=1S/C11H8O2/c1-2-8-3-4-10-9(5-7-12-10)11(8)13-6-1/h1-5,7H,6H2. The summed E-state index contributed by atoms with van der Waals surface area (Å²) in [7, 11) is 0. The van der Waals surface area contributed by atoms with E-state index in [9.17, 15) is 0 Å². The molecular formula is C11H8O2. The van der Waals surface area contributed by atoms with Crippen LogP contribution in [0, 0.1) is 0 Å². The van der Waals surface area contributed by atoms with Gasteiger partial charge in [0.25, 0.3) is 0 Å². The van der Waals surface area contributed by atoms with Gasteiger partial charge in [-0.2, -0.15) is 0 Å². The van der Waals surface area contributed by atoms with E-state index in [4.69, 9.17) is 9.15 Å². The lowest BCUT2D eigenvalue weighted by Gasteiger charge is -2.12. The van der Waals surface area contributed by atoms with Crippen LogP contribution in [0.4, 0.5) is 0 Å². The van der Waals surface area contributed by atoms with Crippen molar-refractivity contribution in [2.75, 3.05) is 6.61 Å². The molecule has 1 aliphatic heterocycles. The monoisotopic (exact) mass is 172 g/mol. The van der Waals surface area contributed by atoms with E-state index in [0.29, 0.717) is 6.61 Å². The summed E-state index contributed by atoms with van der Waals surface area (Å²) < 4.78 is 10.8. The maximum absolute atomic E-state index is 5.55. The molecule has 0 spiro atoms. The molecule has 3 rings (SSSR count). The van der Waals surface area contributed by atoms with Crippen LogP contribution >= 0.6 is 0 Å². The van der Waals surface area contributed by atoms with E-state index < -0.39 is 0 Å². The van der Waals surface area contributed by atoms with Crippen molar-refractivity contribution in [3.63, 3.8) is 0 Å². The van der Waals surface area contributed by atoms with Crippen molar-refractivity contribution in [3.8, 4) is 5.75 Å². The number of ether oxygens (including phenoxy) is 1. The van der Waals surface area contributed by atoms with Gasteiger partial charge in [-0.25, -0.2) is 0 Å². The third-order valence-corrected chi connectivity index (χ3v) is 2.24. The van der Waals surface area contributed by atoms with E-state index >= 15 is 0 Å². The van der Waals surface area contributed by atoms with Gasteiger partial charge in [0.15, 0.2) is 0 Å². The molecule has 0 atom stereocenters. The van der Waals surface area contributed by atoms with Crippen molar-refractivity contribution in [1.29, 1.82) is 0 Å².